The molecule has 126 valence electrons. The summed E-state index contributed by atoms with van der Waals surface area (Å²) in [5.41, 5.74) is 0.460. The molecule has 0 saturated carbocycles. The van der Waals surface area contributed by atoms with Crippen molar-refractivity contribution >= 4 is 17.4 Å². The summed E-state index contributed by atoms with van der Waals surface area (Å²) in [5.74, 6) is 0. The molecule has 0 aliphatic rings. The van der Waals surface area contributed by atoms with Crippen LogP contribution in [0.5, 0.6) is 0 Å². The van der Waals surface area contributed by atoms with E-state index < -0.39 is 17.8 Å². The van der Waals surface area contributed by atoms with Crippen LogP contribution in [0.2, 0.25) is 0 Å². The van der Waals surface area contributed by atoms with Crippen molar-refractivity contribution in [3.63, 3.8) is 0 Å². The molecule has 1 amide bonds. The summed E-state index contributed by atoms with van der Waals surface area (Å²) >= 11 is 1.62. The van der Waals surface area contributed by atoms with E-state index in [-0.39, 0.29) is 6.54 Å². The van der Waals surface area contributed by atoms with Gasteiger partial charge in [-0.1, -0.05) is 0 Å². The Morgan fingerprint density at radius 1 is 1.55 bits per heavy atom. The zero-order valence-corrected chi connectivity index (χ0v) is 14.9. The SMILES string of the molecule is Cc1nc(CNCCN(CC(C)O)C(=O)OC(C)(C)C)cs1. The predicted octanol–water partition coefficient (Wildman–Crippen LogP) is 2.16. The van der Waals surface area contributed by atoms with E-state index in [0.29, 0.717) is 19.6 Å². The maximum atomic E-state index is 12.1. The number of nitrogens with one attached hydrogen (secondary N) is 1. The Bertz CT molecular complexity index is 469. The van der Waals surface area contributed by atoms with Gasteiger partial charge in [-0.25, -0.2) is 9.78 Å². The average Bonchev–Trinajstić information content (AvgIpc) is 2.76. The van der Waals surface area contributed by atoms with Crippen molar-refractivity contribution in [2.45, 2.75) is 52.9 Å². The molecule has 0 fully saturated rings. The second-order valence-electron chi connectivity index (χ2n) is 6.31. The van der Waals surface area contributed by atoms with E-state index in [9.17, 15) is 9.90 Å². The van der Waals surface area contributed by atoms with Crippen LogP contribution in [0.1, 0.15) is 38.4 Å². The maximum Gasteiger partial charge on any atom is 0.410 e. The number of ether oxygens (including phenoxy) is 1. The number of aryl methyl sites for hydroxylation is 1. The highest BCUT2D eigenvalue weighted by molar-refractivity contribution is 7.09. The first-order valence-electron chi connectivity index (χ1n) is 7.45. The first-order valence-corrected chi connectivity index (χ1v) is 8.33. The van der Waals surface area contributed by atoms with Gasteiger partial charge in [0.1, 0.15) is 5.60 Å². The van der Waals surface area contributed by atoms with Crippen molar-refractivity contribution < 1.29 is 14.6 Å². The van der Waals surface area contributed by atoms with Crippen LogP contribution in [0.15, 0.2) is 5.38 Å². The summed E-state index contributed by atoms with van der Waals surface area (Å²) in [6.07, 6.45) is -0.992. The number of hydrogen-bond donors (Lipinski definition) is 2. The molecular formula is C15H27N3O3S. The molecule has 1 rings (SSSR count). The zero-order chi connectivity index (χ0) is 16.8. The lowest BCUT2D eigenvalue weighted by atomic mass is 10.2. The molecule has 6 nitrogen and oxygen atoms in total. The number of aromatic nitrogens is 1. The van der Waals surface area contributed by atoms with Gasteiger partial charge in [-0.15, -0.1) is 11.3 Å². The maximum absolute atomic E-state index is 12.1. The summed E-state index contributed by atoms with van der Waals surface area (Å²) in [5, 5.41) is 15.8. The number of carbonyl (C=O) groups is 1. The van der Waals surface area contributed by atoms with Crippen molar-refractivity contribution in [1.29, 1.82) is 0 Å². The van der Waals surface area contributed by atoms with Crippen LogP contribution in [0, 0.1) is 6.92 Å². The molecule has 22 heavy (non-hydrogen) atoms. The summed E-state index contributed by atoms with van der Waals surface area (Å²) in [6.45, 7) is 11.1. The van der Waals surface area contributed by atoms with Gasteiger partial charge in [0.05, 0.1) is 16.8 Å². The standard InChI is InChI=1S/C15H27N3O3S/c1-11(19)9-18(14(20)21-15(3,4)5)7-6-16-8-13-10-22-12(2)17-13/h10-11,16,19H,6-9H2,1-5H3. The number of rotatable bonds is 7. The van der Waals surface area contributed by atoms with Gasteiger partial charge in [0.25, 0.3) is 0 Å². The van der Waals surface area contributed by atoms with Crippen LogP contribution in [-0.4, -0.2) is 52.4 Å². The van der Waals surface area contributed by atoms with Crippen molar-refractivity contribution in [2.75, 3.05) is 19.6 Å². The summed E-state index contributed by atoms with van der Waals surface area (Å²) in [6, 6.07) is 0. The molecule has 0 aromatic carbocycles. The van der Waals surface area contributed by atoms with E-state index in [1.165, 1.54) is 4.90 Å². The Morgan fingerprint density at radius 2 is 2.23 bits per heavy atom. The number of hydrogen-bond acceptors (Lipinski definition) is 6. The number of nitrogens with zero attached hydrogens (tertiary/aromatic N) is 2. The van der Waals surface area contributed by atoms with Gasteiger partial charge in [-0.3, -0.25) is 0 Å². The normalized spacial score (nSPS) is 13.0. The largest absolute Gasteiger partial charge is 0.444 e. The van der Waals surface area contributed by atoms with Crippen LogP contribution in [-0.2, 0) is 11.3 Å². The molecule has 1 aromatic rings. The lowest BCUT2D eigenvalue weighted by Crippen LogP contribution is -2.43. The molecule has 0 saturated heterocycles. The van der Waals surface area contributed by atoms with Gasteiger partial charge in [-0.2, -0.15) is 0 Å². The fourth-order valence-electron chi connectivity index (χ4n) is 1.82. The average molecular weight is 329 g/mol. The summed E-state index contributed by atoms with van der Waals surface area (Å²) < 4.78 is 5.36. The fourth-order valence-corrected chi connectivity index (χ4v) is 2.44. The van der Waals surface area contributed by atoms with Crippen LogP contribution in [0.3, 0.4) is 0 Å². The fraction of sp³-hybridized carbons (Fsp3) is 0.733. The number of amides is 1. The molecule has 1 atom stereocenters. The second kappa shape index (κ2) is 8.45. The quantitative estimate of drug-likeness (QED) is 0.750. The molecule has 0 radical (unpaired) electrons. The first-order chi connectivity index (χ1) is 10.2. The minimum atomic E-state index is -0.589. The molecule has 2 N–H and O–H groups in total. The van der Waals surface area contributed by atoms with E-state index in [1.54, 1.807) is 18.3 Å². The third-order valence-corrected chi connectivity index (χ3v) is 3.49. The van der Waals surface area contributed by atoms with Crippen LogP contribution in [0.4, 0.5) is 4.79 Å². The van der Waals surface area contributed by atoms with Crippen molar-refractivity contribution in [3.8, 4) is 0 Å². The third kappa shape index (κ3) is 7.72. The minimum Gasteiger partial charge on any atom is -0.444 e. The van der Waals surface area contributed by atoms with E-state index >= 15 is 0 Å². The van der Waals surface area contributed by atoms with Gasteiger partial charge in [0.15, 0.2) is 0 Å². The number of aliphatic hydroxyl groups is 1. The van der Waals surface area contributed by atoms with Crippen molar-refractivity contribution in [2.24, 2.45) is 0 Å². The molecular weight excluding hydrogens is 302 g/mol. The van der Waals surface area contributed by atoms with Gasteiger partial charge in [-0.05, 0) is 34.6 Å². The molecule has 1 aromatic heterocycles. The third-order valence-electron chi connectivity index (χ3n) is 2.67. The Labute approximate surface area is 136 Å². The zero-order valence-electron chi connectivity index (χ0n) is 14.0. The molecule has 0 spiro atoms. The molecule has 0 aliphatic carbocycles. The molecule has 1 heterocycles. The number of carbonyl (C=O) groups excluding carboxylic acids is 1. The van der Waals surface area contributed by atoms with Crippen molar-refractivity contribution in [1.82, 2.24) is 15.2 Å². The Balaban J connectivity index is 2.42. The monoisotopic (exact) mass is 329 g/mol. The smallest absolute Gasteiger partial charge is 0.410 e. The summed E-state index contributed by atoms with van der Waals surface area (Å²) in [4.78, 5) is 18.0. The van der Waals surface area contributed by atoms with Crippen LogP contribution in [0.25, 0.3) is 0 Å². The second-order valence-corrected chi connectivity index (χ2v) is 7.37. The molecule has 0 aliphatic heterocycles. The lowest BCUT2D eigenvalue weighted by molar-refractivity contribution is 0.0164. The van der Waals surface area contributed by atoms with E-state index in [4.69, 9.17) is 4.74 Å². The molecule has 0 bridgehead atoms. The summed E-state index contributed by atoms with van der Waals surface area (Å²) in [7, 11) is 0. The number of thiazole rings is 1. The highest BCUT2D eigenvalue weighted by atomic mass is 32.1. The minimum absolute atomic E-state index is 0.256. The predicted molar refractivity (Wildman–Crippen MR) is 88.0 cm³/mol. The van der Waals surface area contributed by atoms with E-state index in [0.717, 1.165) is 10.7 Å². The van der Waals surface area contributed by atoms with Gasteiger partial charge in [0, 0.05) is 31.6 Å². The van der Waals surface area contributed by atoms with Crippen molar-refractivity contribution in [3.05, 3.63) is 16.1 Å². The van der Waals surface area contributed by atoms with Crippen LogP contribution < -0.4 is 5.32 Å². The topological polar surface area (TPSA) is 74.7 Å². The Hall–Kier alpha value is -1.18. The van der Waals surface area contributed by atoms with E-state index in [2.05, 4.69) is 10.3 Å². The van der Waals surface area contributed by atoms with Gasteiger partial charge in [0.2, 0.25) is 0 Å². The Morgan fingerprint density at radius 3 is 2.73 bits per heavy atom. The highest BCUT2D eigenvalue weighted by Crippen LogP contribution is 2.10. The van der Waals surface area contributed by atoms with Gasteiger partial charge < -0.3 is 20.1 Å². The van der Waals surface area contributed by atoms with Gasteiger partial charge >= 0.3 is 6.09 Å². The molecule has 7 heteroatoms. The van der Waals surface area contributed by atoms with E-state index in [1.807, 2.05) is 33.1 Å². The highest BCUT2D eigenvalue weighted by Gasteiger charge is 2.22. The number of aliphatic hydroxyl groups excluding tert-OH is 1. The lowest BCUT2D eigenvalue weighted by Gasteiger charge is -2.28. The van der Waals surface area contributed by atoms with Crippen LogP contribution >= 0.6 is 11.3 Å². The Kier molecular flexibility index (Phi) is 7.25. The molecule has 1 unspecified atom stereocenters. The first kappa shape index (κ1) is 18.9.